The third-order valence-electron chi connectivity index (χ3n) is 3.04. The predicted octanol–water partition coefficient (Wildman–Crippen LogP) is 1.25. The van der Waals surface area contributed by atoms with Crippen LogP contribution in [0.1, 0.15) is 18.5 Å². The highest BCUT2D eigenvalue weighted by Gasteiger charge is 2.53. The van der Waals surface area contributed by atoms with Crippen LogP contribution in [0.15, 0.2) is 12.3 Å². The van der Waals surface area contributed by atoms with Crippen LogP contribution in [0.4, 0.5) is 0 Å². The van der Waals surface area contributed by atoms with E-state index >= 15 is 0 Å². The summed E-state index contributed by atoms with van der Waals surface area (Å²) in [6, 6.07) is 2.16. The van der Waals surface area contributed by atoms with Crippen molar-refractivity contribution in [2.45, 2.75) is 19.4 Å². The molecule has 1 fully saturated rings. The molecular weight excluding hydrogens is 124 g/mol. The van der Waals surface area contributed by atoms with Gasteiger partial charge < -0.3 is 0 Å². The van der Waals surface area contributed by atoms with E-state index in [2.05, 4.69) is 22.8 Å². The van der Waals surface area contributed by atoms with Gasteiger partial charge in [-0.2, -0.15) is 5.10 Å². The Labute approximate surface area is 59.9 Å². The van der Waals surface area contributed by atoms with Crippen LogP contribution in [0, 0.1) is 11.8 Å². The van der Waals surface area contributed by atoms with E-state index in [-0.39, 0.29) is 0 Å². The fourth-order valence-electron chi connectivity index (χ4n) is 2.29. The van der Waals surface area contributed by atoms with E-state index < -0.39 is 0 Å². The summed E-state index contributed by atoms with van der Waals surface area (Å²) >= 11 is 0. The Morgan fingerprint density at radius 1 is 1.70 bits per heavy atom. The van der Waals surface area contributed by atoms with Crippen LogP contribution >= 0.6 is 0 Å². The largest absolute Gasteiger partial charge is 0.269 e. The molecule has 0 saturated heterocycles. The van der Waals surface area contributed by atoms with Crippen LogP contribution in [0.2, 0.25) is 0 Å². The number of aromatic nitrogens is 2. The first-order valence-corrected chi connectivity index (χ1v) is 3.89. The van der Waals surface area contributed by atoms with Crippen LogP contribution in [-0.4, -0.2) is 9.78 Å². The first-order valence-electron chi connectivity index (χ1n) is 3.89. The Morgan fingerprint density at radius 2 is 2.60 bits per heavy atom. The molecule has 1 aliphatic heterocycles. The predicted molar refractivity (Wildman–Crippen MR) is 37.6 cm³/mol. The van der Waals surface area contributed by atoms with Gasteiger partial charge in [-0.25, -0.2) is 0 Å². The summed E-state index contributed by atoms with van der Waals surface area (Å²) in [4.78, 5) is 0. The van der Waals surface area contributed by atoms with Crippen LogP contribution in [0.5, 0.6) is 0 Å². The molecule has 2 aliphatic rings. The average molecular weight is 134 g/mol. The maximum Gasteiger partial charge on any atom is 0.0492 e. The van der Waals surface area contributed by atoms with Crippen molar-refractivity contribution in [3.8, 4) is 0 Å². The first kappa shape index (κ1) is 4.94. The second-order valence-electron chi connectivity index (χ2n) is 3.49. The molecule has 3 rings (SSSR count). The maximum atomic E-state index is 4.23. The smallest absolute Gasteiger partial charge is 0.0492 e. The van der Waals surface area contributed by atoms with Crippen LogP contribution in [-0.2, 0) is 6.54 Å². The molecule has 10 heavy (non-hydrogen) atoms. The fourth-order valence-corrected chi connectivity index (χ4v) is 2.29. The number of fused-ring (bicyclic) bond motifs is 3. The highest BCUT2D eigenvalue weighted by atomic mass is 15.3. The van der Waals surface area contributed by atoms with Crippen molar-refractivity contribution in [1.29, 1.82) is 0 Å². The van der Waals surface area contributed by atoms with E-state index in [1.807, 2.05) is 6.20 Å². The molecular formula is C8H10N2. The molecule has 52 valence electrons. The van der Waals surface area contributed by atoms with Crippen molar-refractivity contribution in [3.05, 3.63) is 18.0 Å². The summed E-state index contributed by atoms with van der Waals surface area (Å²) in [6.07, 6.45) is 1.91. The molecule has 0 radical (unpaired) electrons. The Hall–Kier alpha value is -0.790. The lowest BCUT2D eigenvalue weighted by atomic mass is 10.2. The average Bonchev–Trinajstić information content (AvgIpc) is 2.27. The molecule has 2 heterocycles. The molecule has 0 spiro atoms. The number of hydrogen-bond acceptors (Lipinski definition) is 1. The summed E-state index contributed by atoms with van der Waals surface area (Å²) in [6.45, 7) is 3.51. The molecule has 1 aromatic rings. The van der Waals surface area contributed by atoms with Crippen molar-refractivity contribution in [1.82, 2.24) is 9.78 Å². The SMILES string of the molecule is CC1C2Cn3nccc3C12. The zero-order valence-corrected chi connectivity index (χ0v) is 5.99. The minimum atomic E-state index is 0.863. The van der Waals surface area contributed by atoms with Crippen molar-refractivity contribution in [3.63, 3.8) is 0 Å². The van der Waals surface area contributed by atoms with E-state index in [4.69, 9.17) is 0 Å². The highest BCUT2D eigenvalue weighted by Crippen LogP contribution is 2.58. The minimum absolute atomic E-state index is 0.863. The minimum Gasteiger partial charge on any atom is -0.269 e. The highest BCUT2D eigenvalue weighted by molar-refractivity contribution is 5.25. The summed E-state index contributed by atoms with van der Waals surface area (Å²) in [5, 5.41) is 4.23. The third-order valence-corrected chi connectivity index (χ3v) is 3.04. The van der Waals surface area contributed by atoms with Gasteiger partial charge in [0.05, 0.1) is 0 Å². The number of nitrogens with zero attached hydrogens (tertiary/aromatic N) is 2. The zero-order chi connectivity index (χ0) is 6.72. The Balaban J connectivity index is 2.14. The fraction of sp³-hybridized carbons (Fsp3) is 0.625. The van der Waals surface area contributed by atoms with Crippen LogP contribution < -0.4 is 0 Å². The monoisotopic (exact) mass is 134 g/mol. The summed E-state index contributed by atoms with van der Waals surface area (Å²) < 4.78 is 2.15. The lowest BCUT2D eigenvalue weighted by Gasteiger charge is -1.99. The van der Waals surface area contributed by atoms with E-state index in [9.17, 15) is 0 Å². The molecule has 0 amide bonds. The van der Waals surface area contributed by atoms with Crippen molar-refractivity contribution < 1.29 is 0 Å². The van der Waals surface area contributed by atoms with Gasteiger partial charge in [-0.3, -0.25) is 4.68 Å². The van der Waals surface area contributed by atoms with E-state index in [0.29, 0.717) is 0 Å². The normalized spacial score (nSPS) is 41.1. The number of rotatable bonds is 0. The molecule has 3 atom stereocenters. The summed E-state index contributed by atoms with van der Waals surface area (Å²) in [7, 11) is 0. The van der Waals surface area contributed by atoms with Gasteiger partial charge in [0.1, 0.15) is 0 Å². The van der Waals surface area contributed by atoms with Gasteiger partial charge in [0.15, 0.2) is 0 Å². The zero-order valence-electron chi connectivity index (χ0n) is 5.99. The molecule has 0 N–H and O–H groups in total. The van der Waals surface area contributed by atoms with Crippen LogP contribution in [0.25, 0.3) is 0 Å². The van der Waals surface area contributed by atoms with Gasteiger partial charge in [-0.15, -0.1) is 0 Å². The van der Waals surface area contributed by atoms with Crippen molar-refractivity contribution in [2.75, 3.05) is 0 Å². The quantitative estimate of drug-likeness (QED) is 0.522. The molecule has 0 aromatic carbocycles. The van der Waals surface area contributed by atoms with Gasteiger partial charge in [0.25, 0.3) is 0 Å². The topological polar surface area (TPSA) is 17.8 Å². The van der Waals surface area contributed by atoms with E-state index in [0.717, 1.165) is 17.8 Å². The van der Waals surface area contributed by atoms with Crippen molar-refractivity contribution in [2.24, 2.45) is 11.8 Å². The summed E-state index contributed by atoms with van der Waals surface area (Å²) in [5.74, 6) is 2.73. The van der Waals surface area contributed by atoms with Gasteiger partial charge in [-0.05, 0) is 17.9 Å². The molecule has 2 nitrogen and oxygen atoms in total. The Bertz CT molecular complexity index is 277. The number of hydrogen-bond donors (Lipinski definition) is 0. The Morgan fingerprint density at radius 3 is 3.50 bits per heavy atom. The second kappa shape index (κ2) is 1.29. The third kappa shape index (κ3) is 0.376. The molecule has 3 unspecified atom stereocenters. The maximum absolute atomic E-state index is 4.23. The second-order valence-corrected chi connectivity index (χ2v) is 3.49. The lowest BCUT2D eigenvalue weighted by Crippen LogP contribution is -2.00. The van der Waals surface area contributed by atoms with E-state index in [1.54, 1.807) is 0 Å². The van der Waals surface area contributed by atoms with Gasteiger partial charge in [0, 0.05) is 24.4 Å². The molecule has 1 saturated carbocycles. The van der Waals surface area contributed by atoms with Gasteiger partial charge in [0.2, 0.25) is 0 Å². The van der Waals surface area contributed by atoms with Gasteiger partial charge in [-0.1, -0.05) is 6.92 Å². The Kier molecular flexibility index (Phi) is 0.636. The molecule has 0 bridgehead atoms. The first-order chi connectivity index (χ1) is 4.88. The van der Waals surface area contributed by atoms with Crippen molar-refractivity contribution >= 4 is 0 Å². The molecule has 1 aliphatic carbocycles. The molecule has 2 heteroatoms. The summed E-state index contributed by atoms with van der Waals surface area (Å²) in [5.41, 5.74) is 1.47. The van der Waals surface area contributed by atoms with Gasteiger partial charge >= 0.3 is 0 Å². The van der Waals surface area contributed by atoms with E-state index in [1.165, 1.54) is 12.2 Å². The standard InChI is InChI=1S/C8H10N2/c1-5-6-4-10-7(8(5)6)2-3-9-10/h2-3,5-6,8H,4H2,1H3. The van der Waals surface area contributed by atoms with Crippen LogP contribution in [0.3, 0.4) is 0 Å². The molecule has 1 aromatic heterocycles. The lowest BCUT2D eigenvalue weighted by molar-refractivity contribution is 0.555.